The monoisotopic (exact) mass is 327 g/mol. The number of carbonyl (C=O) groups is 1. The highest BCUT2D eigenvalue weighted by molar-refractivity contribution is 6.31. The predicted molar refractivity (Wildman–Crippen MR) is 84.2 cm³/mol. The Morgan fingerprint density at radius 1 is 1.35 bits per heavy atom. The van der Waals surface area contributed by atoms with Gasteiger partial charge in [-0.05, 0) is 30.3 Å². The van der Waals surface area contributed by atoms with Crippen molar-refractivity contribution in [1.82, 2.24) is 14.2 Å². The molecule has 0 radical (unpaired) electrons. The van der Waals surface area contributed by atoms with Crippen molar-refractivity contribution in [2.75, 3.05) is 5.32 Å². The van der Waals surface area contributed by atoms with E-state index in [1.165, 1.54) is 16.5 Å². The fraction of sp³-hybridized carbons (Fsp3) is 0.0667. The van der Waals surface area contributed by atoms with Crippen molar-refractivity contribution in [3.8, 4) is 6.07 Å². The van der Waals surface area contributed by atoms with Gasteiger partial charge in [-0.3, -0.25) is 9.20 Å². The maximum atomic E-state index is 12.1. The number of carbonyl (C=O) groups excluding carboxylic acids is 1. The molecular formula is C15H10ClN5O2. The number of nitriles is 1. The summed E-state index contributed by atoms with van der Waals surface area (Å²) in [6.45, 7) is -0.266. The van der Waals surface area contributed by atoms with E-state index < -0.39 is 11.6 Å². The summed E-state index contributed by atoms with van der Waals surface area (Å²) in [5.74, 6) is -0.478. The minimum atomic E-state index is -0.478. The molecule has 3 rings (SSSR count). The van der Waals surface area contributed by atoms with Crippen LogP contribution in [0.5, 0.6) is 0 Å². The summed E-state index contributed by atoms with van der Waals surface area (Å²) >= 11 is 5.86. The van der Waals surface area contributed by atoms with Crippen molar-refractivity contribution in [2.24, 2.45) is 0 Å². The van der Waals surface area contributed by atoms with Crippen molar-refractivity contribution < 1.29 is 4.79 Å². The Morgan fingerprint density at radius 3 is 2.91 bits per heavy atom. The molecule has 2 aromatic heterocycles. The largest absolute Gasteiger partial charge is 0.350 e. The molecule has 23 heavy (non-hydrogen) atoms. The van der Waals surface area contributed by atoms with Crippen LogP contribution in [0.1, 0.15) is 5.56 Å². The first-order valence-electron chi connectivity index (χ1n) is 6.62. The summed E-state index contributed by atoms with van der Waals surface area (Å²) in [6.07, 6.45) is 1.57. The van der Waals surface area contributed by atoms with E-state index in [0.717, 1.165) is 4.68 Å². The number of hydrogen-bond donors (Lipinski definition) is 1. The van der Waals surface area contributed by atoms with Gasteiger partial charge in [-0.1, -0.05) is 17.7 Å². The van der Waals surface area contributed by atoms with E-state index in [4.69, 9.17) is 16.9 Å². The van der Waals surface area contributed by atoms with Crippen LogP contribution >= 0.6 is 11.6 Å². The van der Waals surface area contributed by atoms with Crippen molar-refractivity contribution >= 4 is 28.8 Å². The molecule has 1 aromatic carbocycles. The van der Waals surface area contributed by atoms with Gasteiger partial charge in [0.2, 0.25) is 5.91 Å². The number of nitrogens with one attached hydrogen (secondary N) is 1. The van der Waals surface area contributed by atoms with E-state index in [1.807, 2.05) is 6.07 Å². The molecule has 0 spiro atoms. The molecule has 0 saturated carbocycles. The third-order valence-corrected chi connectivity index (χ3v) is 3.39. The first kappa shape index (κ1) is 14.8. The van der Waals surface area contributed by atoms with Gasteiger partial charge in [0.1, 0.15) is 12.6 Å². The third kappa shape index (κ3) is 2.93. The van der Waals surface area contributed by atoms with E-state index >= 15 is 0 Å². The van der Waals surface area contributed by atoms with Crippen LogP contribution in [0.3, 0.4) is 0 Å². The van der Waals surface area contributed by atoms with Crippen LogP contribution < -0.4 is 11.0 Å². The standard InChI is InChI=1S/C15H10ClN5O2/c16-11-5-4-10(8-17)12(7-11)18-14(22)9-21-15(23)20-6-2-1-3-13(20)19-21/h1-7H,9H2,(H,18,22). The van der Waals surface area contributed by atoms with Crippen LogP contribution in [0, 0.1) is 11.3 Å². The maximum Gasteiger partial charge on any atom is 0.350 e. The second-order valence-corrected chi connectivity index (χ2v) is 5.16. The van der Waals surface area contributed by atoms with Crippen LogP contribution in [-0.2, 0) is 11.3 Å². The third-order valence-electron chi connectivity index (χ3n) is 3.16. The average Bonchev–Trinajstić information content (AvgIpc) is 2.84. The zero-order valence-corrected chi connectivity index (χ0v) is 12.5. The number of anilines is 1. The molecule has 1 amide bonds. The van der Waals surface area contributed by atoms with Gasteiger partial charge in [0.15, 0.2) is 5.65 Å². The number of aromatic nitrogens is 3. The molecule has 8 heteroatoms. The van der Waals surface area contributed by atoms with Gasteiger partial charge in [0, 0.05) is 11.2 Å². The molecule has 3 aromatic rings. The second-order valence-electron chi connectivity index (χ2n) is 4.72. The van der Waals surface area contributed by atoms with Crippen molar-refractivity contribution in [3.63, 3.8) is 0 Å². The van der Waals surface area contributed by atoms with Crippen molar-refractivity contribution in [2.45, 2.75) is 6.54 Å². The van der Waals surface area contributed by atoms with E-state index in [-0.39, 0.29) is 12.1 Å². The van der Waals surface area contributed by atoms with Gasteiger partial charge in [0.05, 0.1) is 11.3 Å². The lowest BCUT2D eigenvalue weighted by Gasteiger charge is -2.07. The van der Waals surface area contributed by atoms with Crippen molar-refractivity contribution in [3.05, 3.63) is 63.7 Å². The first-order chi connectivity index (χ1) is 11.1. The zero-order chi connectivity index (χ0) is 16.4. The van der Waals surface area contributed by atoms with Crippen LogP contribution in [0.25, 0.3) is 5.65 Å². The number of amides is 1. The van der Waals surface area contributed by atoms with Crippen LogP contribution in [0.2, 0.25) is 5.02 Å². The van der Waals surface area contributed by atoms with E-state index in [9.17, 15) is 9.59 Å². The van der Waals surface area contributed by atoms with Gasteiger partial charge >= 0.3 is 5.69 Å². The van der Waals surface area contributed by atoms with Crippen LogP contribution in [0.4, 0.5) is 5.69 Å². The highest BCUT2D eigenvalue weighted by Crippen LogP contribution is 2.20. The number of nitrogens with zero attached hydrogens (tertiary/aromatic N) is 4. The average molecular weight is 328 g/mol. The number of pyridine rings is 1. The lowest BCUT2D eigenvalue weighted by Crippen LogP contribution is -2.28. The van der Waals surface area contributed by atoms with Crippen LogP contribution in [0.15, 0.2) is 47.4 Å². The fourth-order valence-corrected chi connectivity index (χ4v) is 2.29. The maximum absolute atomic E-state index is 12.1. The summed E-state index contributed by atoms with van der Waals surface area (Å²) in [5.41, 5.74) is 0.611. The quantitative estimate of drug-likeness (QED) is 0.791. The number of halogens is 1. The molecule has 0 saturated heterocycles. The van der Waals surface area contributed by atoms with E-state index in [1.54, 1.807) is 30.5 Å². The van der Waals surface area contributed by atoms with Gasteiger partial charge in [-0.2, -0.15) is 5.26 Å². The Balaban J connectivity index is 1.85. The normalized spacial score (nSPS) is 10.4. The molecule has 0 aliphatic rings. The van der Waals surface area contributed by atoms with Gasteiger partial charge in [-0.25, -0.2) is 9.48 Å². The summed E-state index contributed by atoms with van der Waals surface area (Å²) in [4.78, 5) is 24.2. The molecule has 0 unspecified atom stereocenters. The Kier molecular flexibility index (Phi) is 3.83. The summed E-state index contributed by atoms with van der Waals surface area (Å²) < 4.78 is 2.40. The molecule has 0 atom stereocenters. The fourth-order valence-electron chi connectivity index (χ4n) is 2.11. The highest BCUT2D eigenvalue weighted by Gasteiger charge is 2.12. The Labute approximate surface area is 135 Å². The summed E-state index contributed by atoms with van der Waals surface area (Å²) in [5, 5.41) is 16.1. The molecule has 0 aliphatic carbocycles. The Bertz CT molecular complexity index is 999. The molecule has 1 N–H and O–H groups in total. The molecule has 2 heterocycles. The Morgan fingerprint density at radius 2 is 2.17 bits per heavy atom. The minimum Gasteiger partial charge on any atom is -0.323 e. The number of fused-ring (bicyclic) bond motifs is 1. The predicted octanol–water partition coefficient (Wildman–Crippen LogP) is 1.66. The lowest BCUT2D eigenvalue weighted by atomic mass is 10.2. The SMILES string of the molecule is N#Cc1ccc(Cl)cc1NC(=O)Cn1nc2ccccn2c1=O. The smallest absolute Gasteiger partial charge is 0.323 e. The topological polar surface area (TPSA) is 92.2 Å². The second kappa shape index (κ2) is 5.94. The minimum absolute atomic E-state index is 0.266. The van der Waals surface area contributed by atoms with E-state index in [0.29, 0.717) is 16.4 Å². The lowest BCUT2D eigenvalue weighted by molar-refractivity contribution is -0.117. The number of benzene rings is 1. The van der Waals surface area contributed by atoms with E-state index in [2.05, 4.69) is 10.4 Å². The molecule has 0 fully saturated rings. The van der Waals surface area contributed by atoms with Gasteiger partial charge in [-0.15, -0.1) is 5.10 Å². The summed E-state index contributed by atoms with van der Waals surface area (Å²) in [7, 11) is 0. The molecule has 7 nitrogen and oxygen atoms in total. The van der Waals surface area contributed by atoms with Crippen LogP contribution in [-0.4, -0.2) is 20.1 Å². The Hall–Kier alpha value is -3.11. The molecule has 0 bridgehead atoms. The molecular weight excluding hydrogens is 318 g/mol. The molecule has 0 aliphatic heterocycles. The summed E-state index contributed by atoms with van der Waals surface area (Å²) in [6, 6.07) is 11.6. The van der Waals surface area contributed by atoms with Gasteiger partial charge in [0.25, 0.3) is 0 Å². The van der Waals surface area contributed by atoms with Crippen molar-refractivity contribution in [1.29, 1.82) is 5.26 Å². The molecule has 114 valence electrons. The van der Waals surface area contributed by atoms with Gasteiger partial charge < -0.3 is 5.32 Å². The number of rotatable bonds is 3. The first-order valence-corrected chi connectivity index (χ1v) is 7.00. The highest BCUT2D eigenvalue weighted by atomic mass is 35.5. The zero-order valence-electron chi connectivity index (χ0n) is 11.7. The number of hydrogen-bond acceptors (Lipinski definition) is 4.